The number of primary amides is 1. The van der Waals surface area contributed by atoms with Crippen LogP contribution >= 0.6 is 0 Å². The lowest BCUT2D eigenvalue weighted by Crippen LogP contribution is -2.49. The molecule has 7 heteroatoms. The minimum atomic E-state index is -0.575. The Morgan fingerprint density at radius 3 is 2.80 bits per heavy atom. The van der Waals surface area contributed by atoms with Crippen molar-refractivity contribution in [1.82, 2.24) is 15.2 Å². The van der Waals surface area contributed by atoms with Gasteiger partial charge in [0.2, 0.25) is 5.91 Å². The number of aromatic nitrogens is 1. The Morgan fingerprint density at radius 2 is 2.15 bits per heavy atom. The normalized spacial score (nSPS) is 14.9. The zero-order valence-corrected chi connectivity index (χ0v) is 11.5. The van der Waals surface area contributed by atoms with Crippen molar-refractivity contribution in [3.8, 4) is 0 Å². The highest BCUT2D eigenvalue weighted by molar-refractivity contribution is 5.91. The van der Waals surface area contributed by atoms with Crippen LogP contribution in [0.25, 0.3) is 0 Å². The predicted octanol–water partition coefficient (Wildman–Crippen LogP) is -0.951. The smallest absolute Gasteiger partial charge is 0.267 e. The van der Waals surface area contributed by atoms with Crippen LogP contribution in [-0.4, -0.2) is 61.5 Å². The Balaban J connectivity index is 2.00. The molecule has 0 aromatic carbocycles. The van der Waals surface area contributed by atoms with Gasteiger partial charge in [0.1, 0.15) is 5.69 Å². The summed E-state index contributed by atoms with van der Waals surface area (Å²) in [6.07, 6.45) is 1.52. The third kappa shape index (κ3) is 3.45. The van der Waals surface area contributed by atoms with Gasteiger partial charge in [-0.1, -0.05) is 0 Å². The Kier molecular flexibility index (Phi) is 4.52. The van der Waals surface area contributed by atoms with Crippen LogP contribution in [0.4, 0.5) is 5.69 Å². The first kappa shape index (κ1) is 14.3. The first-order valence-corrected chi connectivity index (χ1v) is 6.53. The van der Waals surface area contributed by atoms with Crippen LogP contribution in [-0.2, 0) is 4.79 Å². The summed E-state index contributed by atoms with van der Waals surface area (Å²) in [5.41, 5.74) is 6.14. The first-order chi connectivity index (χ1) is 9.58. The zero-order valence-electron chi connectivity index (χ0n) is 11.5. The van der Waals surface area contributed by atoms with Crippen LogP contribution < -0.4 is 16.0 Å². The maximum Gasteiger partial charge on any atom is 0.267 e. The van der Waals surface area contributed by atoms with E-state index in [0.717, 1.165) is 31.9 Å². The number of rotatable bonds is 4. The van der Waals surface area contributed by atoms with Gasteiger partial charge in [0.15, 0.2) is 0 Å². The van der Waals surface area contributed by atoms with Gasteiger partial charge in [-0.05, 0) is 12.1 Å². The molecule has 2 rings (SSSR count). The van der Waals surface area contributed by atoms with E-state index in [4.69, 9.17) is 5.73 Å². The number of hydrogen-bond donors (Lipinski definition) is 2. The fraction of sp³-hybridized carbons (Fsp3) is 0.462. The van der Waals surface area contributed by atoms with Crippen molar-refractivity contribution in [3.63, 3.8) is 0 Å². The second kappa shape index (κ2) is 6.33. The summed E-state index contributed by atoms with van der Waals surface area (Å²) in [5, 5.41) is 3.21. The molecule has 20 heavy (non-hydrogen) atoms. The van der Waals surface area contributed by atoms with Crippen molar-refractivity contribution in [2.75, 3.05) is 44.7 Å². The lowest BCUT2D eigenvalue weighted by atomic mass is 10.2. The monoisotopic (exact) mass is 277 g/mol. The topological polar surface area (TPSA) is 91.6 Å². The predicted molar refractivity (Wildman–Crippen MR) is 75.5 cm³/mol. The van der Waals surface area contributed by atoms with Gasteiger partial charge in [-0.3, -0.25) is 14.6 Å². The maximum atomic E-state index is 12.1. The van der Waals surface area contributed by atoms with Crippen LogP contribution in [0.15, 0.2) is 18.3 Å². The Morgan fingerprint density at radius 1 is 1.45 bits per heavy atom. The Bertz CT molecular complexity index is 499. The number of pyridine rings is 1. The fourth-order valence-electron chi connectivity index (χ4n) is 2.10. The van der Waals surface area contributed by atoms with Crippen molar-refractivity contribution in [2.24, 2.45) is 5.73 Å². The highest BCUT2D eigenvalue weighted by atomic mass is 16.2. The van der Waals surface area contributed by atoms with Crippen LogP contribution in [0.5, 0.6) is 0 Å². The van der Waals surface area contributed by atoms with Gasteiger partial charge >= 0.3 is 0 Å². The molecule has 108 valence electrons. The summed E-state index contributed by atoms with van der Waals surface area (Å²) in [7, 11) is 1.81. The van der Waals surface area contributed by atoms with E-state index in [1.165, 1.54) is 6.20 Å². The van der Waals surface area contributed by atoms with Gasteiger partial charge in [-0.2, -0.15) is 0 Å². The van der Waals surface area contributed by atoms with Gasteiger partial charge in [0, 0.05) is 45.1 Å². The van der Waals surface area contributed by atoms with Crippen molar-refractivity contribution < 1.29 is 9.59 Å². The highest BCUT2D eigenvalue weighted by Crippen LogP contribution is 2.13. The average molecular weight is 277 g/mol. The Hall–Kier alpha value is -2.15. The lowest BCUT2D eigenvalue weighted by Gasteiger charge is -2.29. The van der Waals surface area contributed by atoms with Gasteiger partial charge < -0.3 is 20.9 Å². The molecule has 1 fully saturated rings. The van der Waals surface area contributed by atoms with Gasteiger partial charge in [0.05, 0.1) is 6.54 Å². The molecule has 1 aromatic heterocycles. The number of likely N-dealkylation sites (N-methyl/N-ethyl adjacent to an activating group) is 1. The minimum Gasteiger partial charge on any atom is -0.365 e. The molecule has 3 N–H and O–H groups in total. The Labute approximate surface area is 117 Å². The summed E-state index contributed by atoms with van der Waals surface area (Å²) in [6, 6.07) is 3.34. The second-order valence-electron chi connectivity index (χ2n) is 4.75. The molecule has 7 nitrogen and oxygen atoms in total. The van der Waals surface area contributed by atoms with E-state index >= 15 is 0 Å². The third-order valence-electron chi connectivity index (χ3n) is 3.28. The van der Waals surface area contributed by atoms with E-state index in [9.17, 15) is 9.59 Å². The third-order valence-corrected chi connectivity index (χ3v) is 3.28. The molecule has 0 bridgehead atoms. The molecule has 2 heterocycles. The number of piperazine rings is 1. The van der Waals surface area contributed by atoms with Crippen LogP contribution in [0, 0.1) is 0 Å². The fourth-order valence-corrected chi connectivity index (χ4v) is 2.10. The molecule has 2 amide bonds. The first-order valence-electron chi connectivity index (χ1n) is 6.53. The number of hydrogen-bond acceptors (Lipinski definition) is 5. The molecule has 0 atom stereocenters. The van der Waals surface area contributed by atoms with E-state index in [1.807, 2.05) is 4.90 Å². The summed E-state index contributed by atoms with van der Waals surface area (Å²) in [5.74, 6) is -0.500. The van der Waals surface area contributed by atoms with Crippen molar-refractivity contribution in [2.45, 2.75) is 0 Å². The number of carbonyl (C=O) groups is 2. The molecule has 0 aliphatic carbocycles. The molecule has 1 aromatic rings. The zero-order chi connectivity index (χ0) is 14.5. The molecular weight excluding hydrogens is 258 g/mol. The molecule has 1 aliphatic rings. The summed E-state index contributed by atoms with van der Waals surface area (Å²) in [6.45, 7) is 3.39. The molecule has 1 saturated heterocycles. The number of anilines is 1. The van der Waals surface area contributed by atoms with Crippen molar-refractivity contribution >= 4 is 17.5 Å². The van der Waals surface area contributed by atoms with Gasteiger partial charge in [-0.15, -0.1) is 0 Å². The summed E-state index contributed by atoms with van der Waals surface area (Å²) in [4.78, 5) is 30.8. The largest absolute Gasteiger partial charge is 0.365 e. The minimum absolute atomic E-state index is 0.0754. The van der Waals surface area contributed by atoms with E-state index in [-0.39, 0.29) is 18.1 Å². The number of amides is 2. The van der Waals surface area contributed by atoms with E-state index < -0.39 is 5.91 Å². The number of carbonyl (C=O) groups excluding carboxylic acids is 2. The van der Waals surface area contributed by atoms with E-state index in [1.54, 1.807) is 24.1 Å². The summed E-state index contributed by atoms with van der Waals surface area (Å²) < 4.78 is 0. The average Bonchev–Trinajstić information content (AvgIpc) is 2.48. The molecule has 0 unspecified atom stereocenters. The maximum absolute atomic E-state index is 12.1. The van der Waals surface area contributed by atoms with Crippen LogP contribution in [0.1, 0.15) is 10.5 Å². The van der Waals surface area contributed by atoms with Gasteiger partial charge in [0.25, 0.3) is 5.91 Å². The molecule has 0 radical (unpaired) electrons. The summed E-state index contributed by atoms with van der Waals surface area (Å²) >= 11 is 0. The van der Waals surface area contributed by atoms with Crippen LogP contribution in [0.3, 0.4) is 0 Å². The number of nitrogens with zero attached hydrogens (tertiary/aromatic N) is 3. The highest BCUT2D eigenvalue weighted by Gasteiger charge is 2.18. The quantitative estimate of drug-likeness (QED) is 0.740. The van der Waals surface area contributed by atoms with Crippen molar-refractivity contribution in [1.29, 1.82) is 0 Å². The standard InChI is InChI=1S/C13H19N5O2/c1-17(9-12(19)18-6-4-15-5-7-18)10-2-3-16-11(8-10)13(14)20/h2-3,8,15H,4-7,9H2,1H3,(H2,14,20). The SMILES string of the molecule is CN(CC(=O)N1CCNCC1)c1ccnc(C(N)=O)c1. The van der Waals surface area contributed by atoms with Crippen LogP contribution in [0.2, 0.25) is 0 Å². The lowest BCUT2D eigenvalue weighted by molar-refractivity contribution is -0.130. The number of nitrogens with one attached hydrogen (secondary N) is 1. The molecule has 1 aliphatic heterocycles. The van der Waals surface area contributed by atoms with Gasteiger partial charge in [-0.25, -0.2) is 0 Å². The molecule has 0 spiro atoms. The number of nitrogens with two attached hydrogens (primary N) is 1. The van der Waals surface area contributed by atoms with Crippen molar-refractivity contribution in [3.05, 3.63) is 24.0 Å². The second-order valence-corrected chi connectivity index (χ2v) is 4.75. The van der Waals surface area contributed by atoms with E-state index in [0.29, 0.717) is 0 Å². The molecular formula is C13H19N5O2. The van der Waals surface area contributed by atoms with E-state index in [2.05, 4.69) is 10.3 Å². The molecule has 0 saturated carbocycles.